The van der Waals surface area contributed by atoms with Crippen LogP contribution in [0.15, 0.2) is 40.9 Å². The number of fused-ring (bicyclic) bond motifs is 1. The molecule has 1 aromatic heterocycles. The molecular weight excluding hydrogens is 464 g/mol. The number of rotatable bonds is 9. The lowest BCUT2D eigenvalue weighted by atomic mass is 10.0. The highest BCUT2D eigenvalue weighted by molar-refractivity contribution is 9.10. The Kier molecular flexibility index (Phi) is 8.90. The van der Waals surface area contributed by atoms with Crippen LogP contribution in [0.1, 0.15) is 55.6 Å². The van der Waals surface area contributed by atoms with E-state index in [2.05, 4.69) is 64.3 Å². The Bertz CT molecular complexity index is 1120. The summed E-state index contributed by atoms with van der Waals surface area (Å²) in [5.41, 5.74) is 8.70. The molecule has 0 bridgehead atoms. The number of benzene rings is 2. The van der Waals surface area contributed by atoms with Crippen molar-refractivity contribution in [1.29, 1.82) is 0 Å². The van der Waals surface area contributed by atoms with Gasteiger partial charge in [0.25, 0.3) is 0 Å². The fourth-order valence-electron chi connectivity index (χ4n) is 3.74. The maximum atomic E-state index is 5.73. The molecule has 5 nitrogen and oxygen atoms in total. The van der Waals surface area contributed by atoms with Gasteiger partial charge in [0, 0.05) is 16.3 Å². The molecular formula is C26H31BrN4O. The minimum atomic E-state index is 0.0954. The van der Waals surface area contributed by atoms with Crippen molar-refractivity contribution in [1.82, 2.24) is 9.97 Å². The topological polar surface area (TPSA) is 73.1 Å². The molecule has 3 aromatic rings. The van der Waals surface area contributed by atoms with Gasteiger partial charge in [0.05, 0.1) is 25.2 Å². The van der Waals surface area contributed by atoms with E-state index in [1.54, 1.807) is 7.11 Å². The number of anilines is 1. The minimum absolute atomic E-state index is 0.0954. The third kappa shape index (κ3) is 6.44. The van der Waals surface area contributed by atoms with E-state index < -0.39 is 0 Å². The lowest BCUT2D eigenvalue weighted by Gasteiger charge is -2.18. The summed E-state index contributed by atoms with van der Waals surface area (Å²) in [4.78, 5) is 9.39. The van der Waals surface area contributed by atoms with E-state index in [-0.39, 0.29) is 6.04 Å². The zero-order valence-corrected chi connectivity index (χ0v) is 20.6. The summed E-state index contributed by atoms with van der Waals surface area (Å²) in [6.45, 7) is 4.50. The first kappa shape index (κ1) is 24.0. The van der Waals surface area contributed by atoms with Gasteiger partial charge in [-0.3, -0.25) is 0 Å². The Balaban J connectivity index is 1.80. The number of methoxy groups -OCH3 is 1. The predicted molar refractivity (Wildman–Crippen MR) is 136 cm³/mol. The lowest BCUT2D eigenvalue weighted by Crippen LogP contribution is -2.10. The van der Waals surface area contributed by atoms with E-state index in [0.717, 1.165) is 64.9 Å². The Morgan fingerprint density at radius 3 is 2.72 bits per heavy atom. The standard InChI is InChI=1S/C26H31BrN4O/c1-18(20-12-10-13-22(27)15-20)29-26-23-17-25(32-3)21(16-24(23)30-19(2)31-26)11-8-6-4-5-7-9-14-28/h10,12-13,15-18H,4-6,8,11,14,28H2,1-3H3,(H,29,30,31)/t18-/m1/s1. The van der Waals surface area contributed by atoms with Crippen molar-refractivity contribution < 1.29 is 4.74 Å². The van der Waals surface area contributed by atoms with E-state index in [0.29, 0.717) is 6.54 Å². The zero-order valence-electron chi connectivity index (χ0n) is 19.0. The highest BCUT2D eigenvalue weighted by Gasteiger charge is 2.14. The van der Waals surface area contributed by atoms with Crippen LogP contribution in [0.5, 0.6) is 5.75 Å². The molecule has 1 atom stereocenters. The summed E-state index contributed by atoms with van der Waals surface area (Å²) in [7, 11) is 1.72. The third-order valence-corrected chi connectivity index (χ3v) is 5.88. The molecule has 32 heavy (non-hydrogen) atoms. The van der Waals surface area contributed by atoms with Crippen LogP contribution in [0.2, 0.25) is 0 Å². The number of aryl methyl sites for hydroxylation is 2. The lowest BCUT2D eigenvalue weighted by molar-refractivity contribution is 0.409. The number of unbranched alkanes of at least 4 members (excludes halogenated alkanes) is 3. The Morgan fingerprint density at radius 1 is 1.12 bits per heavy atom. The Morgan fingerprint density at radius 2 is 1.97 bits per heavy atom. The zero-order chi connectivity index (χ0) is 22.9. The maximum Gasteiger partial charge on any atom is 0.138 e. The Hall–Kier alpha value is -2.62. The first-order valence-electron chi connectivity index (χ1n) is 11.0. The first-order valence-corrected chi connectivity index (χ1v) is 11.8. The van der Waals surface area contributed by atoms with Crippen molar-refractivity contribution in [2.24, 2.45) is 5.73 Å². The van der Waals surface area contributed by atoms with Crippen LogP contribution >= 0.6 is 15.9 Å². The molecule has 0 amide bonds. The third-order valence-electron chi connectivity index (χ3n) is 5.39. The van der Waals surface area contributed by atoms with E-state index in [1.807, 2.05) is 19.1 Å². The summed E-state index contributed by atoms with van der Waals surface area (Å²) in [6, 6.07) is 12.6. The van der Waals surface area contributed by atoms with Gasteiger partial charge in [0.1, 0.15) is 17.4 Å². The summed E-state index contributed by atoms with van der Waals surface area (Å²) < 4.78 is 6.79. The van der Waals surface area contributed by atoms with Crippen molar-refractivity contribution >= 4 is 32.7 Å². The van der Waals surface area contributed by atoms with Crippen molar-refractivity contribution in [3.8, 4) is 17.6 Å². The molecule has 3 N–H and O–H groups in total. The molecule has 168 valence electrons. The number of hydrogen-bond donors (Lipinski definition) is 2. The van der Waals surface area contributed by atoms with Crippen LogP contribution in [-0.4, -0.2) is 23.6 Å². The number of ether oxygens (including phenoxy) is 1. The van der Waals surface area contributed by atoms with Crippen LogP contribution in [0, 0.1) is 18.8 Å². The molecule has 0 aliphatic heterocycles. The SMILES string of the molecule is COc1cc2c(N[C@H](C)c3cccc(Br)c3)nc(C)nc2cc1CCCCCC#CCN. The normalized spacial score (nSPS) is 11.7. The van der Waals surface area contributed by atoms with E-state index >= 15 is 0 Å². The second-order valence-electron chi connectivity index (χ2n) is 7.84. The van der Waals surface area contributed by atoms with E-state index in [4.69, 9.17) is 20.4 Å². The van der Waals surface area contributed by atoms with Gasteiger partial charge in [0.2, 0.25) is 0 Å². The number of aromatic nitrogens is 2. The van der Waals surface area contributed by atoms with Crippen molar-refractivity contribution in [3.63, 3.8) is 0 Å². The average molecular weight is 495 g/mol. The molecule has 6 heteroatoms. The molecule has 2 aromatic carbocycles. The van der Waals surface area contributed by atoms with E-state index in [1.165, 1.54) is 11.1 Å². The number of nitrogens with zero attached hydrogens (tertiary/aromatic N) is 2. The largest absolute Gasteiger partial charge is 0.496 e. The van der Waals surface area contributed by atoms with Gasteiger partial charge in [-0.05, 0) is 68.5 Å². The summed E-state index contributed by atoms with van der Waals surface area (Å²) >= 11 is 3.55. The molecule has 0 aliphatic carbocycles. The molecule has 0 fully saturated rings. The Labute approximate surface area is 199 Å². The van der Waals surface area contributed by atoms with Gasteiger partial charge in [-0.15, -0.1) is 5.92 Å². The first-order chi connectivity index (χ1) is 15.5. The van der Waals surface area contributed by atoms with Gasteiger partial charge in [-0.1, -0.05) is 40.4 Å². The number of nitrogens with one attached hydrogen (secondary N) is 1. The molecule has 0 saturated heterocycles. The smallest absolute Gasteiger partial charge is 0.138 e. The number of nitrogens with two attached hydrogens (primary N) is 1. The van der Waals surface area contributed by atoms with Crippen molar-refractivity contribution in [2.45, 2.75) is 52.0 Å². The van der Waals surface area contributed by atoms with Gasteiger partial charge < -0.3 is 15.8 Å². The van der Waals surface area contributed by atoms with Crippen LogP contribution in [-0.2, 0) is 6.42 Å². The van der Waals surface area contributed by atoms with Crippen LogP contribution in [0.4, 0.5) is 5.82 Å². The molecule has 0 radical (unpaired) electrons. The molecule has 0 aliphatic rings. The molecule has 0 unspecified atom stereocenters. The van der Waals surface area contributed by atoms with Crippen molar-refractivity contribution in [3.05, 3.63) is 57.8 Å². The predicted octanol–water partition coefficient (Wildman–Crippen LogP) is 5.95. The molecule has 1 heterocycles. The number of hydrogen-bond acceptors (Lipinski definition) is 5. The van der Waals surface area contributed by atoms with Gasteiger partial charge in [0.15, 0.2) is 0 Å². The fourth-order valence-corrected chi connectivity index (χ4v) is 4.16. The highest BCUT2D eigenvalue weighted by Crippen LogP contribution is 2.32. The molecule has 3 rings (SSSR count). The van der Waals surface area contributed by atoms with Crippen LogP contribution < -0.4 is 15.8 Å². The summed E-state index contributed by atoms with van der Waals surface area (Å²) in [5.74, 6) is 8.46. The fraction of sp³-hybridized carbons (Fsp3) is 0.385. The van der Waals surface area contributed by atoms with Crippen LogP contribution in [0.25, 0.3) is 10.9 Å². The minimum Gasteiger partial charge on any atom is -0.496 e. The summed E-state index contributed by atoms with van der Waals surface area (Å²) in [6.07, 6.45) is 5.15. The second kappa shape index (κ2) is 11.8. The second-order valence-corrected chi connectivity index (χ2v) is 8.76. The van der Waals surface area contributed by atoms with Crippen LogP contribution in [0.3, 0.4) is 0 Å². The van der Waals surface area contributed by atoms with Gasteiger partial charge in [-0.25, -0.2) is 9.97 Å². The average Bonchev–Trinajstić information content (AvgIpc) is 2.78. The highest BCUT2D eigenvalue weighted by atomic mass is 79.9. The quantitative estimate of drug-likeness (QED) is 0.284. The summed E-state index contributed by atoms with van der Waals surface area (Å²) in [5, 5.41) is 4.54. The number of halogens is 1. The van der Waals surface area contributed by atoms with Crippen molar-refractivity contribution in [2.75, 3.05) is 19.0 Å². The van der Waals surface area contributed by atoms with Gasteiger partial charge >= 0.3 is 0 Å². The van der Waals surface area contributed by atoms with E-state index in [9.17, 15) is 0 Å². The molecule has 0 saturated carbocycles. The monoisotopic (exact) mass is 494 g/mol. The maximum absolute atomic E-state index is 5.73. The van der Waals surface area contributed by atoms with Gasteiger partial charge in [-0.2, -0.15) is 0 Å². The molecule has 0 spiro atoms.